The molecule has 0 saturated heterocycles. The topological polar surface area (TPSA) is 89.9 Å². The monoisotopic (exact) mass is 308 g/mol. The number of carbonyl (C=O) groups is 3. The molecule has 1 rings (SSSR count). The van der Waals surface area contributed by atoms with Crippen molar-refractivity contribution in [1.29, 1.82) is 0 Å². The van der Waals surface area contributed by atoms with Crippen LogP contribution in [0.25, 0.3) is 0 Å². The van der Waals surface area contributed by atoms with E-state index in [4.69, 9.17) is 14.6 Å². The Morgan fingerprint density at radius 2 is 1.68 bits per heavy atom. The normalized spacial score (nSPS) is 12.3. The van der Waals surface area contributed by atoms with E-state index in [1.165, 1.54) is 0 Å². The first kappa shape index (κ1) is 17.7. The van der Waals surface area contributed by atoms with E-state index in [0.29, 0.717) is 5.56 Å². The van der Waals surface area contributed by atoms with Crippen LogP contribution < -0.4 is 0 Å². The summed E-state index contributed by atoms with van der Waals surface area (Å²) < 4.78 is 10.4. The molecule has 0 aliphatic heterocycles. The minimum Gasteiger partial charge on any atom is -0.481 e. The van der Waals surface area contributed by atoms with Gasteiger partial charge >= 0.3 is 17.9 Å². The van der Waals surface area contributed by atoms with Gasteiger partial charge in [0.25, 0.3) is 0 Å². The van der Waals surface area contributed by atoms with E-state index in [0.717, 1.165) is 0 Å². The van der Waals surface area contributed by atoms with Gasteiger partial charge in [0.1, 0.15) is 5.60 Å². The van der Waals surface area contributed by atoms with Gasteiger partial charge in [-0.05, 0) is 20.8 Å². The molecule has 0 bridgehead atoms. The standard InChI is InChI=1S/C16H20O6/c1-16(2,3)22-15(20)14(11-7-5-4-6-8-11)21-13(19)10-9-12(17)18/h4-8,14H,9-10H2,1-3H3,(H,17,18)/t14-/m0/s1. The molecule has 0 fully saturated rings. The third-order valence-corrected chi connectivity index (χ3v) is 2.52. The molecule has 0 aromatic heterocycles. The molecule has 0 unspecified atom stereocenters. The molecule has 0 spiro atoms. The minimum absolute atomic E-state index is 0.304. The lowest BCUT2D eigenvalue weighted by Gasteiger charge is -2.24. The molecule has 6 heteroatoms. The lowest BCUT2D eigenvalue weighted by atomic mass is 10.1. The number of rotatable bonds is 6. The van der Waals surface area contributed by atoms with Gasteiger partial charge in [-0.25, -0.2) is 4.79 Å². The van der Waals surface area contributed by atoms with Crippen LogP contribution in [-0.2, 0) is 23.9 Å². The zero-order chi connectivity index (χ0) is 16.8. The average Bonchev–Trinajstić information content (AvgIpc) is 2.41. The maximum Gasteiger partial charge on any atom is 0.352 e. The molecule has 6 nitrogen and oxygen atoms in total. The molecular formula is C16H20O6. The largest absolute Gasteiger partial charge is 0.481 e. The van der Waals surface area contributed by atoms with E-state index >= 15 is 0 Å². The van der Waals surface area contributed by atoms with Crippen molar-refractivity contribution < 1.29 is 29.0 Å². The third kappa shape index (κ3) is 6.39. The van der Waals surface area contributed by atoms with Gasteiger partial charge in [-0.2, -0.15) is 0 Å². The van der Waals surface area contributed by atoms with E-state index in [1.54, 1.807) is 51.1 Å². The van der Waals surface area contributed by atoms with E-state index in [2.05, 4.69) is 0 Å². The molecule has 1 aromatic rings. The van der Waals surface area contributed by atoms with Crippen LogP contribution in [-0.4, -0.2) is 28.6 Å². The van der Waals surface area contributed by atoms with Gasteiger partial charge < -0.3 is 14.6 Å². The fourth-order valence-corrected chi connectivity index (χ4v) is 1.63. The zero-order valence-electron chi connectivity index (χ0n) is 12.9. The Morgan fingerprint density at radius 1 is 1.09 bits per heavy atom. The molecule has 0 saturated carbocycles. The van der Waals surface area contributed by atoms with Crippen LogP contribution in [0.5, 0.6) is 0 Å². The van der Waals surface area contributed by atoms with Crippen LogP contribution in [0.4, 0.5) is 0 Å². The van der Waals surface area contributed by atoms with Crippen molar-refractivity contribution >= 4 is 17.9 Å². The van der Waals surface area contributed by atoms with Crippen LogP contribution >= 0.6 is 0 Å². The summed E-state index contributed by atoms with van der Waals surface area (Å²) in [4.78, 5) is 34.4. The number of carboxylic acids is 1. The SMILES string of the molecule is CC(C)(C)OC(=O)[C@@H](OC(=O)CCC(=O)O)c1ccccc1. The number of hydrogen-bond acceptors (Lipinski definition) is 5. The Kier molecular flexibility index (Phi) is 6.10. The van der Waals surface area contributed by atoms with Gasteiger partial charge in [0, 0.05) is 5.56 Å². The molecule has 0 radical (unpaired) electrons. The van der Waals surface area contributed by atoms with Crippen molar-refractivity contribution in [3.63, 3.8) is 0 Å². The highest BCUT2D eigenvalue weighted by molar-refractivity contribution is 5.82. The highest BCUT2D eigenvalue weighted by Crippen LogP contribution is 2.22. The summed E-state index contributed by atoms with van der Waals surface area (Å²) in [6, 6.07) is 8.45. The lowest BCUT2D eigenvalue weighted by molar-refractivity contribution is -0.176. The Labute approximate surface area is 129 Å². The number of aliphatic carboxylic acids is 1. The predicted octanol–water partition coefficient (Wildman–Crippen LogP) is 2.48. The van der Waals surface area contributed by atoms with E-state index in [1.807, 2.05) is 0 Å². The second-order valence-corrected chi connectivity index (χ2v) is 5.71. The Bertz CT molecular complexity index is 529. The van der Waals surface area contributed by atoms with Crippen molar-refractivity contribution in [3.05, 3.63) is 35.9 Å². The third-order valence-electron chi connectivity index (χ3n) is 2.52. The first-order valence-electron chi connectivity index (χ1n) is 6.88. The molecule has 1 atom stereocenters. The predicted molar refractivity (Wildman–Crippen MR) is 78.0 cm³/mol. The van der Waals surface area contributed by atoms with Crippen molar-refractivity contribution in [2.75, 3.05) is 0 Å². The number of hydrogen-bond donors (Lipinski definition) is 1. The number of esters is 2. The second-order valence-electron chi connectivity index (χ2n) is 5.71. The quantitative estimate of drug-likeness (QED) is 0.812. The maximum atomic E-state index is 12.2. The van der Waals surface area contributed by atoms with Gasteiger partial charge in [-0.15, -0.1) is 0 Å². The molecule has 120 valence electrons. The van der Waals surface area contributed by atoms with Crippen LogP contribution in [0.1, 0.15) is 45.3 Å². The van der Waals surface area contributed by atoms with E-state index in [-0.39, 0.29) is 12.8 Å². The molecule has 1 aromatic carbocycles. The summed E-state index contributed by atoms with van der Waals surface area (Å²) in [5.41, 5.74) is -0.252. The summed E-state index contributed by atoms with van der Waals surface area (Å²) in [6.45, 7) is 5.12. The number of carbonyl (C=O) groups excluding carboxylic acids is 2. The zero-order valence-corrected chi connectivity index (χ0v) is 12.9. The molecule has 0 amide bonds. The summed E-state index contributed by atoms with van der Waals surface area (Å²) in [5, 5.41) is 8.58. The summed E-state index contributed by atoms with van der Waals surface area (Å²) >= 11 is 0. The van der Waals surface area contributed by atoms with Crippen LogP contribution in [0, 0.1) is 0 Å². The van der Waals surface area contributed by atoms with Gasteiger partial charge in [0.2, 0.25) is 6.10 Å². The average molecular weight is 308 g/mol. The number of ether oxygens (including phenoxy) is 2. The smallest absolute Gasteiger partial charge is 0.352 e. The molecule has 0 aliphatic carbocycles. The van der Waals surface area contributed by atoms with Gasteiger partial charge in [0.15, 0.2) is 0 Å². The van der Waals surface area contributed by atoms with E-state index in [9.17, 15) is 14.4 Å². The summed E-state index contributed by atoms with van der Waals surface area (Å²) in [5.74, 6) is -2.56. The molecule has 0 heterocycles. The molecule has 1 N–H and O–H groups in total. The first-order chi connectivity index (χ1) is 10.2. The molecule has 0 aliphatic rings. The first-order valence-corrected chi connectivity index (χ1v) is 6.88. The fraction of sp³-hybridized carbons (Fsp3) is 0.438. The highest BCUT2D eigenvalue weighted by Gasteiger charge is 2.30. The molecule has 22 heavy (non-hydrogen) atoms. The van der Waals surface area contributed by atoms with Crippen molar-refractivity contribution in [2.24, 2.45) is 0 Å². The Hall–Kier alpha value is -2.37. The van der Waals surface area contributed by atoms with Crippen LogP contribution in [0.15, 0.2) is 30.3 Å². The van der Waals surface area contributed by atoms with Gasteiger partial charge in [-0.1, -0.05) is 30.3 Å². The second kappa shape index (κ2) is 7.59. The summed E-state index contributed by atoms with van der Waals surface area (Å²) in [7, 11) is 0. The van der Waals surface area contributed by atoms with Crippen molar-refractivity contribution in [3.8, 4) is 0 Å². The highest BCUT2D eigenvalue weighted by atomic mass is 16.6. The van der Waals surface area contributed by atoms with Gasteiger partial charge in [0.05, 0.1) is 12.8 Å². The van der Waals surface area contributed by atoms with Crippen LogP contribution in [0.3, 0.4) is 0 Å². The summed E-state index contributed by atoms with van der Waals surface area (Å²) in [6.07, 6.45) is -1.86. The number of benzene rings is 1. The fourth-order valence-electron chi connectivity index (χ4n) is 1.63. The lowest BCUT2D eigenvalue weighted by Crippen LogP contribution is -2.30. The Morgan fingerprint density at radius 3 is 2.18 bits per heavy atom. The van der Waals surface area contributed by atoms with Crippen molar-refractivity contribution in [1.82, 2.24) is 0 Å². The van der Waals surface area contributed by atoms with Crippen LogP contribution in [0.2, 0.25) is 0 Å². The maximum absolute atomic E-state index is 12.2. The molecular weight excluding hydrogens is 288 g/mol. The van der Waals surface area contributed by atoms with Crippen molar-refractivity contribution in [2.45, 2.75) is 45.3 Å². The van der Waals surface area contributed by atoms with Gasteiger partial charge in [-0.3, -0.25) is 9.59 Å². The Balaban J connectivity index is 2.86. The number of carboxylic acid groups (broad SMARTS) is 1. The minimum atomic E-state index is -1.21. The van der Waals surface area contributed by atoms with E-state index < -0.39 is 29.6 Å².